The summed E-state index contributed by atoms with van der Waals surface area (Å²) < 4.78 is 4.72. The maximum Gasteiger partial charge on any atom is 0.337 e. The molecule has 0 saturated heterocycles. The first-order valence-corrected chi connectivity index (χ1v) is 6.02. The lowest BCUT2D eigenvalue weighted by Crippen LogP contribution is -2.05. The largest absolute Gasteiger partial charge is 0.465 e. The molecule has 0 amide bonds. The molecule has 1 aromatic heterocycles. The highest BCUT2D eigenvalue weighted by molar-refractivity contribution is 5.90. The van der Waals surface area contributed by atoms with E-state index in [0.29, 0.717) is 12.1 Å². The van der Waals surface area contributed by atoms with Gasteiger partial charge >= 0.3 is 5.97 Å². The van der Waals surface area contributed by atoms with Crippen LogP contribution in [0.4, 0.5) is 5.69 Å². The summed E-state index contributed by atoms with van der Waals surface area (Å²) in [6, 6.07) is 9.38. The summed E-state index contributed by atoms with van der Waals surface area (Å²) >= 11 is 0. The molecule has 1 N–H and O–H groups in total. The lowest BCUT2D eigenvalue weighted by molar-refractivity contribution is 0.0601. The van der Waals surface area contributed by atoms with Crippen LogP contribution in [0, 0.1) is 6.92 Å². The standard InChI is InChI=1S/C15H16N2O2/c1-11-3-4-13(15(18)19-2)9-14(11)17-10-12-5-7-16-8-6-12/h3-9,17H,10H2,1-2H3. The van der Waals surface area contributed by atoms with Crippen molar-refractivity contribution in [3.63, 3.8) is 0 Å². The molecule has 1 heterocycles. The van der Waals surface area contributed by atoms with Crippen LogP contribution in [0.5, 0.6) is 0 Å². The second-order valence-corrected chi connectivity index (χ2v) is 4.23. The Morgan fingerprint density at radius 3 is 2.68 bits per heavy atom. The van der Waals surface area contributed by atoms with E-state index in [1.807, 2.05) is 31.2 Å². The van der Waals surface area contributed by atoms with Crippen LogP contribution in [0.1, 0.15) is 21.5 Å². The molecule has 0 spiro atoms. The van der Waals surface area contributed by atoms with Crippen molar-refractivity contribution in [3.8, 4) is 0 Å². The molecule has 4 nitrogen and oxygen atoms in total. The fraction of sp³-hybridized carbons (Fsp3) is 0.200. The highest BCUT2D eigenvalue weighted by Crippen LogP contribution is 2.18. The zero-order valence-corrected chi connectivity index (χ0v) is 11.0. The van der Waals surface area contributed by atoms with Crippen LogP contribution in [0.15, 0.2) is 42.7 Å². The van der Waals surface area contributed by atoms with E-state index >= 15 is 0 Å². The molecule has 0 aliphatic rings. The molecule has 2 rings (SSSR count). The number of anilines is 1. The van der Waals surface area contributed by atoms with Crippen LogP contribution in [-0.4, -0.2) is 18.1 Å². The smallest absolute Gasteiger partial charge is 0.337 e. The van der Waals surface area contributed by atoms with Crippen LogP contribution < -0.4 is 5.32 Å². The maximum absolute atomic E-state index is 11.5. The third-order valence-corrected chi connectivity index (χ3v) is 2.89. The SMILES string of the molecule is COC(=O)c1ccc(C)c(NCc2ccncc2)c1. The van der Waals surface area contributed by atoms with Crippen molar-refractivity contribution in [2.45, 2.75) is 13.5 Å². The first kappa shape index (κ1) is 13.1. The Morgan fingerprint density at radius 1 is 1.26 bits per heavy atom. The number of carbonyl (C=O) groups is 1. The molecule has 4 heteroatoms. The van der Waals surface area contributed by atoms with Gasteiger partial charge < -0.3 is 10.1 Å². The predicted molar refractivity (Wildman–Crippen MR) is 74.1 cm³/mol. The Bertz CT molecular complexity index is 568. The van der Waals surface area contributed by atoms with Gasteiger partial charge in [0, 0.05) is 24.6 Å². The summed E-state index contributed by atoms with van der Waals surface area (Å²) in [6.07, 6.45) is 3.52. The first-order valence-electron chi connectivity index (χ1n) is 6.02. The van der Waals surface area contributed by atoms with Gasteiger partial charge in [0.15, 0.2) is 0 Å². The number of ether oxygens (including phenoxy) is 1. The molecule has 0 radical (unpaired) electrons. The summed E-state index contributed by atoms with van der Waals surface area (Å²) in [6.45, 7) is 2.68. The summed E-state index contributed by atoms with van der Waals surface area (Å²) in [5.74, 6) is -0.327. The third-order valence-electron chi connectivity index (χ3n) is 2.89. The highest BCUT2D eigenvalue weighted by Gasteiger charge is 2.07. The second kappa shape index (κ2) is 6.00. The molecule has 0 fully saturated rings. The lowest BCUT2D eigenvalue weighted by atomic mass is 10.1. The summed E-state index contributed by atoms with van der Waals surface area (Å²) in [7, 11) is 1.38. The Morgan fingerprint density at radius 2 is 2.00 bits per heavy atom. The Hall–Kier alpha value is -2.36. The van der Waals surface area contributed by atoms with E-state index in [0.717, 1.165) is 16.8 Å². The fourth-order valence-corrected chi connectivity index (χ4v) is 1.76. The van der Waals surface area contributed by atoms with Crippen molar-refractivity contribution in [1.82, 2.24) is 4.98 Å². The number of aromatic nitrogens is 1. The molecule has 0 atom stereocenters. The molecule has 0 unspecified atom stereocenters. The van der Waals surface area contributed by atoms with Crippen LogP contribution in [0.25, 0.3) is 0 Å². The van der Waals surface area contributed by atoms with E-state index in [4.69, 9.17) is 4.74 Å². The number of methoxy groups -OCH3 is 1. The number of nitrogens with one attached hydrogen (secondary N) is 1. The fourth-order valence-electron chi connectivity index (χ4n) is 1.76. The molecule has 0 saturated carbocycles. The summed E-state index contributed by atoms with van der Waals surface area (Å²) in [5, 5.41) is 3.31. The monoisotopic (exact) mass is 256 g/mol. The van der Waals surface area contributed by atoms with Crippen LogP contribution >= 0.6 is 0 Å². The molecule has 0 aliphatic carbocycles. The number of pyridine rings is 1. The highest BCUT2D eigenvalue weighted by atomic mass is 16.5. The van der Waals surface area contributed by atoms with Crippen LogP contribution in [-0.2, 0) is 11.3 Å². The van der Waals surface area contributed by atoms with Gasteiger partial charge in [-0.1, -0.05) is 6.07 Å². The van der Waals surface area contributed by atoms with E-state index in [9.17, 15) is 4.79 Å². The third kappa shape index (κ3) is 3.31. The minimum atomic E-state index is -0.327. The molecule has 19 heavy (non-hydrogen) atoms. The van der Waals surface area contributed by atoms with E-state index in [1.54, 1.807) is 18.5 Å². The van der Waals surface area contributed by atoms with Crippen LogP contribution in [0.2, 0.25) is 0 Å². The number of hydrogen-bond acceptors (Lipinski definition) is 4. The number of nitrogens with zero attached hydrogens (tertiary/aromatic N) is 1. The molecule has 2 aromatic rings. The average Bonchev–Trinajstić information content (AvgIpc) is 2.46. The number of esters is 1. The van der Waals surface area contributed by atoms with Gasteiger partial charge in [-0.3, -0.25) is 4.98 Å². The van der Waals surface area contributed by atoms with E-state index in [2.05, 4.69) is 10.3 Å². The van der Waals surface area contributed by atoms with Gasteiger partial charge in [-0.25, -0.2) is 4.79 Å². The first-order chi connectivity index (χ1) is 9.20. The number of hydrogen-bond donors (Lipinski definition) is 1. The van der Waals surface area contributed by atoms with E-state index in [1.165, 1.54) is 7.11 Å². The van der Waals surface area contributed by atoms with Crippen molar-refractivity contribution in [3.05, 3.63) is 59.4 Å². The van der Waals surface area contributed by atoms with Crippen molar-refractivity contribution >= 4 is 11.7 Å². The van der Waals surface area contributed by atoms with Crippen LogP contribution in [0.3, 0.4) is 0 Å². The Balaban J connectivity index is 2.13. The molecule has 0 bridgehead atoms. The summed E-state index contributed by atoms with van der Waals surface area (Å²) in [4.78, 5) is 15.5. The van der Waals surface area contributed by atoms with Crippen molar-refractivity contribution < 1.29 is 9.53 Å². The molecule has 1 aromatic carbocycles. The van der Waals surface area contributed by atoms with Gasteiger partial charge in [0.25, 0.3) is 0 Å². The predicted octanol–water partition coefficient (Wildman–Crippen LogP) is 2.79. The zero-order chi connectivity index (χ0) is 13.7. The molecule has 98 valence electrons. The van der Waals surface area contributed by atoms with Crippen molar-refractivity contribution in [1.29, 1.82) is 0 Å². The average molecular weight is 256 g/mol. The summed E-state index contributed by atoms with van der Waals surface area (Å²) in [5.41, 5.74) is 3.70. The molecular weight excluding hydrogens is 240 g/mol. The van der Waals surface area contributed by atoms with Crippen molar-refractivity contribution in [2.75, 3.05) is 12.4 Å². The number of benzene rings is 1. The number of carbonyl (C=O) groups excluding carboxylic acids is 1. The van der Waals surface area contributed by atoms with Gasteiger partial charge in [0.2, 0.25) is 0 Å². The quantitative estimate of drug-likeness (QED) is 0.855. The zero-order valence-electron chi connectivity index (χ0n) is 11.0. The second-order valence-electron chi connectivity index (χ2n) is 4.23. The van der Waals surface area contributed by atoms with E-state index < -0.39 is 0 Å². The maximum atomic E-state index is 11.5. The van der Waals surface area contributed by atoms with Crippen molar-refractivity contribution in [2.24, 2.45) is 0 Å². The normalized spacial score (nSPS) is 10.0. The minimum Gasteiger partial charge on any atom is -0.465 e. The number of aryl methyl sites for hydroxylation is 1. The van der Waals surface area contributed by atoms with Gasteiger partial charge in [0.1, 0.15) is 0 Å². The van der Waals surface area contributed by atoms with Gasteiger partial charge in [0.05, 0.1) is 12.7 Å². The molecule has 0 aliphatic heterocycles. The minimum absolute atomic E-state index is 0.327. The lowest BCUT2D eigenvalue weighted by Gasteiger charge is -2.11. The van der Waals surface area contributed by atoms with Gasteiger partial charge in [-0.15, -0.1) is 0 Å². The van der Waals surface area contributed by atoms with E-state index in [-0.39, 0.29) is 5.97 Å². The van der Waals surface area contributed by atoms with Gasteiger partial charge in [-0.2, -0.15) is 0 Å². The Kier molecular flexibility index (Phi) is 4.13. The Labute approximate surface area is 112 Å². The van der Waals surface area contributed by atoms with Gasteiger partial charge in [-0.05, 0) is 42.3 Å². The number of rotatable bonds is 4. The molecular formula is C15H16N2O2. The topological polar surface area (TPSA) is 51.2 Å².